The molecule has 10 heteroatoms. The Balaban J connectivity index is 1.49. The molecule has 6 rings (SSSR count). The van der Waals surface area contributed by atoms with Crippen LogP contribution in [0, 0.1) is 6.92 Å². The SMILES string of the molecule is Cc1nc2ccccc2n1-c1nc(N2CCOCC2)c2nc(CN3CCC(N)CC3)n(C)c2n1. The van der Waals surface area contributed by atoms with Gasteiger partial charge < -0.3 is 19.9 Å². The molecule has 2 N–H and O–H groups in total. The Morgan fingerprint density at radius 1 is 1.00 bits per heavy atom. The second-order valence-electron chi connectivity index (χ2n) is 9.30. The fourth-order valence-corrected chi connectivity index (χ4v) is 5.03. The number of hydrogen-bond donors (Lipinski definition) is 1. The number of piperidine rings is 1. The Morgan fingerprint density at radius 2 is 1.76 bits per heavy atom. The summed E-state index contributed by atoms with van der Waals surface area (Å²) in [5, 5.41) is 0. The van der Waals surface area contributed by atoms with Crippen molar-refractivity contribution < 1.29 is 4.74 Å². The fraction of sp³-hybridized carbons (Fsp3) is 0.500. The van der Waals surface area contributed by atoms with Crippen LogP contribution in [0.1, 0.15) is 24.5 Å². The second kappa shape index (κ2) is 8.61. The van der Waals surface area contributed by atoms with Gasteiger partial charge >= 0.3 is 0 Å². The second-order valence-corrected chi connectivity index (χ2v) is 9.30. The number of anilines is 1. The lowest BCUT2D eigenvalue weighted by Gasteiger charge is -2.29. The molecule has 0 radical (unpaired) electrons. The van der Waals surface area contributed by atoms with Crippen molar-refractivity contribution in [3.05, 3.63) is 35.9 Å². The number of benzene rings is 1. The van der Waals surface area contributed by atoms with Crippen molar-refractivity contribution in [2.24, 2.45) is 12.8 Å². The minimum absolute atomic E-state index is 0.311. The van der Waals surface area contributed by atoms with Crippen LogP contribution in [0.15, 0.2) is 24.3 Å². The number of ether oxygens (including phenoxy) is 1. The quantitative estimate of drug-likeness (QED) is 0.491. The van der Waals surface area contributed by atoms with Crippen molar-refractivity contribution in [1.29, 1.82) is 0 Å². The van der Waals surface area contributed by atoms with Gasteiger partial charge in [0.05, 0.1) is 30.8 Å². The summed E-state index contributed by atoms with van der Waals surface area (Å²) in [4.78, 5) is 24.6. The highest BCUT2D eigenvalue weighted by molar-refractivity contribution is 5.86. The molecule has 2 aliphatic rings. The molecule has 0 saturated carbocycles. The molecule has 5 heterocycles. The molecule has 2 saturated heterocycles. The van der Waals surface area contributed by atoms with E-state index in [0.717, 1.165) is 85.2 Å². The summed E-state index contributed by atoms with van der Waals surface area (Å²) in [6, 6.07) is 8.42. The number of aryl methyl sites for hydroxylation is 2. The van der Waals surface area contributed by atoms with Crippen LogP contribution in [0.25, 0.3) is 28.1 Å². The van der Waals surface area contributed by atoms with Gasteiger partial charge in [0.2, 0.25) is 5.95 Å². The molecule has 3 aromatic heterocycles. The van der Waals surface area contributed by atoms with Gasteiger partial charge in [-0.1, -0.05) is 12.1 Å². The van der Waals surface area contributed by atoms with Crippen LogP contribution in [-0.2, 0) is 18.3 Å². The zero-order chi connectivity index (χ0) is 23.2. The van der Waals surface area contributed by atoms with Crippen molar-refractivity contribution in [3.63, 3.8) is 0 Å². The van der Waals surface area contributed by atoms with Crippen LogP contribution in [0.5, 0.6) is 0 Å². The van der Waals surface area contributed by atoms with E-state index in [1.54, 1.807) is 0 Å². The molecule has 0 aliphatic carbocycles. The van der Waals surface area contributed by atoms with Crippen LogP contribution < -0.4 is 10.6 Å². The van der Waals surface area contributed by atoms with Crippen molar-refractivity contribution in [2.75, 3.05) is 44.3 Å². The van der Waals surface area contributed by atoms with Gasteiger partial charge in [-0.25, -0.2) is 9.97 Å². The van der Waals surface area contributed by atoms with Crippen LogP contribution >= 0.6 is 0 Å². The summed E-state index contributed by atoms with van der Waals surface area (Å²) in [6.45, 7) is 7.71. The van der Waals surface area contributed by atoms with E-state index >= 15 is 0 Å². The Labute approximate surface area is 198 Å². The lowest BCUT2D eigenvalue weighted by molar-refractivity contribution is 0.122. The third-order valence-electron chi connectivity index (χ3n) is 7.02. The minimum Gasteiger partial charge on any atom is -0.378 e. The van der Waals surface area contributed by atoms with Gasteiger partial charge in [-0.15, -0.1) is 0 Å². The van der Waals surface area contributed by atoms with Crippen LogP contribution in [0.2, 0.25) is 0 Å². The number of nitrogens with zero attached hydrogens (tertiary/aromatic N) is 8. The number of likely N-dealkylation sites (tertiary alicyclic amines) is 1. The number of nitrogens with two attached hydrogens (primary N) is 1. The van der Waals surface area contributed by atoms with Gasteiger partial charge in [0, 0.05) is 39.3 Å². The summed E-state index contributed by atoms with van der Waals surface area (Å²) in [5.41, 5.74) is 9.73. The molecule has 1 aromatic carbocycles. The van der Waals surface area contributed by atoms with E-state index in [4.69, 9.17) is 30.4 Å². The maximum absolute atomic E-state index is 6.11. The molecule has 0 spiro atoms. The fourth-order valence-electron chi connectivity index (χ4n) is 5.03. The average molecular weight is 462 g/mol. The third kappa shape index (κ3) is 3.71. The highest BCUT2D eigenvalue weighted by atomic mass is 16.5. The van der Waals surface area contributed by atoms with Crippen LogP contribution in [0.3, 0.4) is 0 Å². The summed E-state index contributed by atoms with van der Waals surface area (Å²) in [5.74, 6) is 3.35. The Bertz CT molecular complexity index is 1330. The summed E-state index contributed by atoms with van der Waals surface area (Å²) in [7, 11) is 2.05. The average Bonchev–Trinajstić information content (AvgIpc) is 3.36. The first-order chi connectivity index (χ1) is 16.6. The van der Waals surface area contributed by atoms with E-state index in [2.05, 4.69) is 27.5 Å². The predicted octanol–water partition coefficient (Wildman–Crippen LogP) is 1.77. The lowest BCUT2D eigenvalue weighted by atomic mass is 10.1. The maximum atomic E-state index is 6.11. The summed E-state index contributed by atoms with van der Waals surface area (Å²) in [6.07, 6.45) is 2.06. The van der Waals surface area contributed by atoms with E-state index < -0.39 is 0 Å². The Kier molecular flexibility index (Phi) is 5.43. The molecule has 34 heavy (non-hydrogen) atoms. The van der Waals surface area contributed by atoms with Gasteiger partial charge in [-0.3, -0.25) is 9.47 Å². The number of hydrogen-bond acceptors (Lipinski definition) is 8. The molecular formula is C24H31N9O. The lowest BCUT2D eigenvalue weighted by Crippen LogP contribution is -2.39. The zero-order valence-corrected chi connectivity index (χ0v) is 19.8. The minimum atomic E-state index is 0.311. The number of para-hydroxylation sites is 2. The first-order valence-electron chi connectivity index (χ1n) is 12.1. The molecule has 2 aliphatic heterocycles. The molecular weight excluding hydrogens is 430 g/mol. The number of fused-ring (bicyclic) bond motifs is 2. The molecule has 10 nitrogen and oxygen atoms in total. The molecule has 0 atom stereocenters. The van der Waals surface area contributed by atoms with Crippen molar-refractivity contribution in [1.82, 2.24) is 34.0 Å². The summed E-state index contributed by atoms with van der Waals surface area (Å²) < 4.78 is 9.77. The number of morpholine rings is 1. The van der Waals surface area contributed by atoms with Gasteiger partial charge in [-0.05, 0) is 31.9 Å². The van der Waals surface area contributed by atoms with Gasteiger partial charge in [0.25, 0.3) is 0 Å². The van der Waals surface area contributed by atoms with E-state index in [1.807, 2.05) is 29.7 Å². The molecule has 0 amide bonds. The summed E-state index contributed by atoms with van der Waals surface area (Å²) >= 11 is 0. The molecule has 178 valence electrons. The zero-order valence-electron chi connectivity index (χ0n) is 19.8. The van der Waals surface area contributed by atoms with E-state index in [0.29, 0.717) is 25.2 Å². The molecule has 0 unspecified atom stereocenters. The largest absolute Gasteiger partial charge is 0.378 e. The Morgan fingerprint density at radius 3 is 2.56 bits per heavy atom. The van der Waals surface area contributed by atoms with Crippen LogP contribution in [-0.4, -0.2) is 79.4 Å². The highest BCUT2D eigenvalue weighted by Gasteiger charge is 2.25. The van der Waals surface area contributed by atoms with Gasteiger partial charge in [0.1, 0.15) is 11.6 Å². The van der Waals surface area contributed by atoms with Crippen LogP contribution in [0.4, 0.5) is 5.82 Å². The van der Waals surface area contributed by atoms with Gasteiger partial charge in [-0.2, -0.15) is 9.97 Å². The smallest absolute Gasteiger partial charge is 0.239 e. The molecule has 0 bridgehead atoms. The monoisotopic (exact) mass is 461 g/mol. The van der Waals surface area contributed by atoms with E-state index in [1.165, 1.54) is 0 Å². The predicted molar refractivity (Wildman–Crippen MR) is 131 cm³/mol. The number of rotatable bonds is 4. The first kappa shape index (κ1) is 21.5. The first-order valence-corrected chi connectivity index (χ1v) is 12.1. The third-order valence-corrected chi connectivity index (χ3v) is 7.02. The number of imidazole rings is 2. The Hall–Kier alpha value is -3.08. The molecule has 2 fully saturated rings. The highest BCUT2D eigenvalue weighted by Crippen LogP contribution is 2.28. The van der Waals surface area contributed by atoms with Crippen molar-refractivity contribution in [3.8, 4) is 5.95 Å². The van der Waals surface area contributed by atoms with E-state index in [9.17, 15) is 0 Å². The van der Waals surface area contributed by atoms with Gasteiger partial charge in [0.15, 0.2) is 17.0 Å². The van der Waals surface area contributed by atoms with Crippen molar-refractivity contribution >= 4 is 28.0 Å². The molecule has 4 aromatic rings. The van der Waals surface area contributed by atoms with Crippen molar-refractivity contribution in [2.45, 2.75) is 32.4 Å². The standard InChI is InChI=1S/C24H31N9O/c1-16-26-18-5-3-4-6-19(18)33(16)24-28-22-21(23(29-24)32-11-13-34-14-12-32)27-20(30(22)2)15-31-9-7-17(25)8-10-31/h3-6,17H,7-15,25H2,1-2H3. The topological polar surface area (TPSA) is 103 Å². The number of aromatic nitrogens is 6. The van der Waals surface area contributed by atoms with E-state index in [-0.39, 0.29) is 0 Å². The maximum Gasteiger partial charge on any atom is 0.239 e. The normalized spacial score (nSPS) is 18.4.